The fraction of sp³-hybridized carbons (Fsp3) is 0.750. The predicted octanol–water partition coefficient (Wildman–Crippen LogP) is 1.35. The second kappa shape index (κ2) is 6.06. The van der Waals surface area contributed by atoms with E-state index >= 15 is 0 Å². The lowest BCUT2D eigenvalue weighted by Gasteiger charge is -2.42. The topological polar surface area (TPSA) is 78.7 Å². The van der Waals surface area contributed by atoms with Gasteiger partial charge in [-0.2, -0.15) is 0 Å². The Labute approximate surface area is 159 Å². The van der Waals surface area contributed by atoms with Crippen molar-refractivity contribution in [2.24, 2.45) is 17.8 Å². The molecule has 2 atom stereocenters. The maximum Gasteiger partial charge on any atom is 0.259 e. The zero-order chi connectivity index (χ0) is 18.8. The molecule has 146 valence electrons. The Balaban J connectivity index is 1.28. The first-order chi connectivity index (χ1) is 13.0. The van der Waals surface area contributed by atoms with Crippen LogP contribution in [0.1, 0.15) is 47.5 Å². The quantitative estimate of drug-likeness (QED) is 0.867. The molecule has 0 unspecified atom stereocenters. The molecule has 7 nitrogen and oxygen atoms in total. The number of likely N-dealkylation sites (tertiary alicyclic amines) is 2. The number of rotatable bonds is 3. The molecule has 1 N–H and O–H groups in total. The largest absolute Gasteiger partial charge is 0.361 e. The van der Waals surface area contributed by atoms with Gasteiger partial charge >= 0.3 is 0 Å². The molecule has 7 heteroatoms. The molecular formula is C20H28N4O3. The Morgan fingerprint density at radius 2 is 2.00 bits per heavy atom. The summed E-state index contributed by atoms with van der Waals surface area (Å²) in [7, 11) is 0. The molecule has 1 saturated carbocycles. The van der Waals surface area contributed by atoms with Gasteiger partial charge in [0.15, 0.2) is 0 Å². The maximum absolute atomic E-state index is 12.9. The summed E-state index contributed by atoms with van der Waals surface area (Å²) >= 11 is 0. The third kappa shape index (κ3) is 2.78. The van der Waals surface area contributed by atoms with E-state index in [0.717, 1.165) is 38.4 Å². The van der Waals surface area contributed by atoms with Crippen molar-refractivity contribution in [3.05, 3.63) is 17.0 Å². The van der Waals surface area contributed by atoms with E-state index in [-0.39, 0.29) is 23.3 Å². The first-order valence-electron chi connectivity index (χ1n) is 10.2. The molecule has 4 heterocycles. The second-order valence-electron chi connectivity index (χ2n) is 9.01. The van der Waals surface area contributed by atoms with Crippen LogP contribution < -0.4 is 5.32 Å². The molecule has 0 bridgehead atoms. The molecule has 0 aromatic carbocycles. The van der Waals surface area contributed by atoms with Crippen molar-refractivity contribution >= 4 is 11.8 Å². The van der Waals surface area contributed by atoms with Gasteiger partial charge < -0.3 is 19.6 Å². The lowest BCUT2D eigenvalue weighted by Crippen LogP contribution is -2.56. The van der Waals surface area contributed by atoms with Crippen LogP contribution >= 0.6 is 0 Å². The number of nitrogens with one attached hydrogen (secondary N) is 1. The van der Waals surface area contributed by atoms with Crippen molar-refractivity contribution in [2.45, 2.75) is 45.1 Å². The van der Waals surface area contributed by atoms with E-state index in [0.29, 0.717) is 36.0 Å². The zero-order valence-corrected chi connectivity index (χ0v) is 16.2. The van der Waals surface area contributed by atoms with Gasteiger partial charge in [-0.05, 0) is 45.4 Å². The van der Waals surface area contributed by atoms with Crippen LogP contribution in [0.25, 0.3) is 0 Å². The van der Waals surface area contributed by atoms with Gasteiger partial charge in [0.2, 0.25) is 5.91 Å². The molecule has 5 rings (SSSR count). The van der Waals surface area contributed by atoms with E-state index in [9.17, 15) is 9.59 Å². The molecule has 27 heavy (non-hydrogen) atoms. The van der Waals surface area contributed by atoms with Crippen LogP contribution in [0.3, 0.4) is 0 Å². The van der Waals surface area contributed by atoms with E-state index in [2.05, 4.69) is 15.4 Å². The third-order valence-corrected chi connectivity index (χ3v) is 7.22. The lowest BCUT2D eigenvalue weighted by atomic mass is 9.75. The van der Waals surface area contributed by atoms with Crippen LogP contribution in [0.4, 0.5) is 0 Å². The van der Waals surface area contributed by atoms with Crippen LogP contribution in [0.5, 0.6) is 0 Å². The molecule has 1 aromatic heterocycles. The molecular weight excluding hydrogens is 344 g/mol. The summed E-state index contributed by atoms with van der Waals surface area (Å²) < 4.78 is 5.16. The van der Waals surface area contributed by atoms with Gasteiger partial charge in [-0.25, -0.2) is 0 Å². The summed E-state index contributed by atoms with van der Waals surface area (Å²) in [4.78, 5) is 29.9. The Morgan fingerprint density at radius 1 is 1.26 bits per heavy atom. The summed E-state index contributed by atoms with van der Waals surface area (Å²) in [5.41, 5.74) is 1.12. The normalized spacial score (nSPS) is 30.0. The van der Waals surface area contributed by atoms with Crippen LogP contribution in [-0.2, 0) is 4.79 Å². The molecule has 1 aliphatic carbocycles. The highest BCUT2D eigenvalue weighted by atomic mass is 16.5. The SMILES string of the molecule is Cc1noc(C)c1C(=O)N1CCC2(CC1)NC(=O)[C@@H]1CN(CC3CC3)C[C@@H]12. The van der Waals surface area contributed by atoms with Crippen LogP contribution in [-0.4, -0.2) is 65.0 Å². The van der Waals surface area contributed by atoms with E-state index in [4.69, 9.17) is 4.52 Å². The van der Waals surface area contributed by atoms with Gasteiger partial charge in [0.25, 0.3) is 5.91 Å². The summed E-state index contributed by atoms with van der Waals surface area (Å²) in [5, 5.41) is 7.25. The molecule has 1 aromatic rings. The van der Waals surface area contributed by atoms with Crippen molar-refractivity contribution in [3.8, 4) is 0 Å². The number of fused-ring (bicyclic) bond motifs is 2. The fourth-order valence-corrected chi connectivity index (χ4v) is 5.51. The Hall–Kier alpha value is -1.89. The smallest absolute Gasteiger partial charge is 0.259 e. The number of carbonyl (C=O) groups excluding carboxylic acids is 2. The molecule has 3 aliphatic heterocycles. The highest BCUT2D eigenvalue weighted by Gasteiger charge is 2.57. The highest BCUT2D eigenvalue weighted by Crippen LogP contribution is 2.45. The number of piperidine rings is 1. The van der Waals surface area contributed by atoms with Gasteiger partial charge in [-0.3, -0.25) is 9.59 Å². The Morgan fingerprint density at radius 3 is 2.63 bits per heavy atom. The fourth-order valence-electron chi connectivity index (χ4n) is 5.51. The summed E-state index contributed by atoms with van der Waals surface area (Å²) in [5.74, 6) is 2.19. The van der Waals surface area contributed by atoms with E-state index in [1.165, 1.54) is 12.8 Å². The van der Waals surface area contributed by atoms with Gasteiger partial charge in [0.1, 0.15) is 11.3 Å². The zero-order valence-electron chi connectivity index (χ0n) is 16.2. The van der Waals surface area contributed by atoms with Crippen molar-refractivity contribution < 1.29 is 14.1 Å². The van der Waals surface area contributed by atoms with Crippen molar-refractivity contribution in [1.82, 2.24) is 20.3 Å². The number of hydrogen-bond acceptors (Lipinski definition) is 5. The summed E-state index contributed by atoms with van der Waals surface area (Å²) in [6.07, 6.45) is 4.38. The van der Waals surface area contributed by atoms with Crippen molar-refractivity contribution in [1.29, 1.82) is 0 Å². The number of nitrogens with zero attached hydrogens (tertiary/aromatic N) is 3. The molecule has 3 saturated heterocycles. The van der Waals surface area contributed by atoms with Gasteiger partial charge in [0.05, 0.1) is 11.6 Å². The number of carbonyl (C=O) groups is 2. The minimum absolute atomic E-state index is 0.00348. The van der Waals surface area contributed by atoms with E-state index in [1.807, 2.05) is 11.8 Å². The van der Waals surface area contributed by atoms with E-state index in [1.54, 1.807) is 6.92 Å². The predicted molar refractivity (Wildman–Crippen MR) is 98.1 cm³/mol. The Kier molecular flexibility index (Phi) is 3.86. The second-order valence-corrected chi connectivity index (χ2v) is 9.01. The number of aryl methyl sites for hydroxylation is 2. The third-order valence-electron chi connectivity index (χ3n) is 7.22. The average molecular weight is 372 g/mol. The molecule has 4 aliphatic rings. The monoisotopic (exact) mass is 372 g/mol. The van der Waals surface area contributed by atoms with E-state index < -0.39 is 0 Å². The van der Waals surface area contributed by atoms with Crippen molar-refractivity contribution in [2.75, 3.05) is 32.7 Å². The van der Waals surface area contributed by atoms with Crippen molar-refractivity contribution in [3.63, 3.8) is 0 Å². The molecule has 0 radical (unpaired) electrons. The number of aromatic nitrogens is 1. The lowest BCUT2D eigenvalue weighted by molar-refractivity contribution is -0.123. The standard InChI is InChI=1S/C20H28N4O3/c1-12-17(13(2)27-22-12)19(26)24-7-5-20(6-8-24)16-11-23(9-14-3-4-14)10-15(16)18(25)21-20/h14-16H,3-11H2,1-2H3,(H,21,25)/t15-,16+/m1/s1. The Bertz CT molecular complexity index is 757. The van der Waals surface area contributed by atoms with Gasteiger partial charge in [0, 0.05) is 44.2 Å². The molecule has 4 fully saturated rings. The summed E-state index contributed by atoms with van der Waals surface area (Å²) in [6.45, 7) is 8.04. The summed E-state index contributed by atoms with van der Waals surface area (Å²) in [6, 6.07) is 0. The highest BCUT2D eigenvalue weighted by molar-refractivity contribution is 5.96. The van der Waals surface area contributed by atoms with Crippen LogP contribution in [0.15, 0.2) is 4.52 Å². The minimum Gasteiger partial charge on any atom is -0.361 e. The molecule has 1 spiro atoms. The molecule has 2 amide bonds. The van der Waals surface area contributed by atoms with Gasteiger partial charge in [-0.1, -0.05) is 5.16 Å². The number of amides is 2. The van der Waals surface area contributed by atoms with Crippen LogP contribution in [0, 0.1) is 31.6 Å². The minimum atomic E-state index is -0.129. The number of hydrogen-bond donors (Lipinski definition) is 1. The van der Waals surface area contributed by atoms with Crippen LogP contribution in [0.2, 0.25) is 0 Å². The first kappa shape index (κ1) is 17.2. The van der Waals surface area contributed by atoms with Gasteiger partial charge in [-0.15, -0.1) is 0 Å². The maximum atomic E-state index is 12.9. The average Bonchev–Trinajstić information content (AvgIpc) is 3.16. The first-order valence-corrected chi connectivity index (χ1v) is 10.2.